The number of halogens is 2. The van der Waals surface area contributed by atoms with Crippen LogP contribution in [0.1, 0.15) is 31.7 Å². The average Bonchev–Trinajstić information content (AvgIpc) is 3.61. The summed E-state index contributed by atoms with van der Waals surface area (Å²) in [5.41, 5.74) is 0.996. The van der Waals surface area contributed by atoms with Crippen LogP contribution in [-0.2, 0) is 11.3 Å². The Bertz CT molecular complexity index is 924. The first kappa shape index (κ1) is 26.7. The van der Waals surface area contributed by atoms with Gasteiger partial charge >= 0.3 is 0 Å². The fraction of sp³-hybridized carbons (Fsp3) is 0.417. The van der Waals surface area contributed by atoms with Crippen molar-refractivity contribution < 1.29 is 18.7 Å². The van der Waals surface area contributed by atoms with Gasteiger partial charge in [-0.15, -0.1) is 24.0 Å². The van der Waals surface area contributed by atoms with Crippen molar-refractivity contribution in [1.82, 2.24) is 16.0 Å². The second-order valence-corrected chi connectivity index (χ2v) is 7.69. The molecule has 0 bridgehead atoms. The molecular formula is C24H32FIN4O3. The number of nitrogens with zero attached hydrogens (tertiary/aromatic N) is 1. The molecule has 0 aliphatic heterocycles. The lowest BCUT2D eigenvalue weighted by Crippen LogP contribution is -2.42. The highest BCUT2D eigenvalue weighted by Gasteiger charge is 2.23. The number of hydrogen-bond acceptors (Lipinski definition) is 4. The third-order valence-electron chi connectivity index (χ3n) is 4.95. The highest BCUT2D eigenvalue weighted by atomic mass is 127. The summed E-state index contributed by atoms with van der Waals surface area (Å²) < 4.78 is 24.8. The van der Waals surface area contributed by atoms with Gasteiger partial charge in [0.25, 0.3) is 5.91 Å². The molecule has 0 spiro atoms. The van der Waals surface area contributed by atoms with Gasteiger partial charge in [-0.25, -0.2) is 4.39 Å². The van der Waals surface area contributed by atoms with E-state index in [2.05, 4.69) is 20.9 Å². The number of amides is 1. The Labute approximate surface area is 211 Å². The van der Waals surface area contributed by atoms with Crippen LogP contribution in [0.2, 0.25) is 0 Å². The van der Waals surface area contributed by atoms with Crippen molar-refractivity contribution in [2.24, 2.45) is 4.99 Å². The second-order valence-electron chi connectivity index (χ2n) is 7.69. The van der Waals surface area contributed by atoms with Crippen molar-refractivity contribution in [1.29, 1.82) is 0 Å². The standard InChI is InChI=1S/C24H31FN4O3.HI/c1-3-20(32-22-9-5-7-18(25)13-22)15-28-24(26-2)27-14-17-6-4-8-21(12-17)31-16-23(30)29-19-10-11-19;/h4-9,12-13,19-20H,3,10-11,14-16H2,1-2H3,(H,29,30)(H2,26,27,28);1H. The predicted molar refractivity (Wildman–Crippen MR) is 138 cm³/mol. The van der Waals surface area contributed by atoms with E-state index in [1.54, 1.807) is 19.2 Å². The van der Waals surface area contributed by atoms with E-state index in [4.69, 9.17) is 9.47 Å². The molecule has 1 amide bonds. The zero-order valence-electron chi connectivity index (χ0n) is 19.0. The smallest absolute Gasteiger partial charge is 0.258 e. The van der Waals surface area contributed by atoms with Crippen LogP contribution in [0, 0.1) is 5.82 Å². The third-order valence-corrected chi connectivity index (χ3v) is 4.95. The number of carbonyl (C=O) groups excluding carboxylic acids is 1. The Morgan fingerprint density at radius 2 is 1.91 bits per heavy atom. The fourth-order valence-corrected chi connectivity index (χ4v) is 3.01. The Morgan fingerprint density at radius 3 is 2.61 bits per heavy atom. The van der Waals surface area contributed by atoms with Crippen LogP contribution < -0.4 is 25.4 Å². The lowest BCUT2D eigenvalue weighted by atomic mass is 10.2. The minimum Gasteiger partial charge on any atom is -0.489 e. The molecule has 0 saturated heterocycles. The van der Waals surface area contributed by atoms with Crippen LogP contribution in [0.15, 0.2) is 53.5 Å². The van der Waals surface area contributed by atoms with E-state index < -0.39 is 0 Å². The Balaban J connectivity index is 0.00000385. The second kappa shape index (κ2) is 13.9. The first-order valence-electron chi connectivity index (χ1n) is 10.9. The van der Waals surface area contributed by atoms with Crippen LogP contribution >= 0.6 is 24.0 Å². The van der Waals surface area contributed by atoms with Crippen LogP contribution in [0.25, 0.3) is 0 Å². The molecule has 1 unspecified atom stereocenters. The van der Waals surface area contributed by atoms with E-state index in [0.717, 1.165) is 24.8 Å². The van der Waals surface area contributed by atoms with Gasteiger partial charge in [-0.1, -0.05) is 25.1 Å². The van der Waals surface area contributed by atoms with Gasteiger partial charge in [0.15, 0.2) is 12.6 Å². The largest absolute Gasteiger partial charge is 0.489 e. The maximum atomic E-state index is 13.4. The summed E-state index contributed by atoms with van der Waals surface area (Å²) in [5.74, 6) is 1.36. The number of hydrogen-bond donors (Lipinski definition) is 3. The van der Waals surface area contributed by atoms with E-state index in [1.807, 2.05) is 31.2 Å². The summed E-state index contributed by atoms with van der Waals surface area (Å²) in [5, 5.41) is 9.40. The summed E-state index contributed by atoms with van der Waals surface area (Å²) in [6.45, 7) is 3.08. The summed E-state index contributed by atoms with van der Waals surface area (Å²) in [6.07, 6.45) is 2.73. The molecule has 1 fully saturated rings. The molecule has 1 saturated carbocycles. The number of rotatable bonds is 11. The SMILES string of the molecule is CCC(CNC(=NC)NCc1cccc(OCC(=O)NC2CC2)c1)Oc1cccc(F)c1.I. The van der Waals surface area contributed by atoms with Crippen molar-refractivity contribution in [3.8, 4) is 11.5 Å². The topological polar surface area (TPSA) is 84.0 Å². The maximum Gasteiger partial charge on any atom is 0.258 e. The molecule has 2 aromatic rings. The van der Waals surface area contributed by atoms with Crippen molar-refractivity contribution >= 4 is 35.8 Å². The number of ether oxygens (including phenoxy) is 2. The zero-order valence-corrected chi connectivity index (χ0v) is 21.3. The monoisotopic (exact) mass is 570 g/mol. The maximum absolute atomic E-state index is 13.4. The molecule has 3 N–H and O–H groups in total. The highest BCUT2D eigenvalue weighted by molar-refractivity contribution is 14.0. The van der Waals surface area contributed by atoms with E-state index in [9.17, 15) is 9.18 Å². The van der Waals surface area contributed by atoms with Crippen LogP contribution in [0.4, 0.5) is 4.39 Å². The van der Waals surface area contributed by atoms with Gasteiger partial charge in [0.2, 0.25) is 0 Å². The highest BCUT2D eigenvalue weighted by Crippen LogP contribution is 2.19. The number of aliphatic imine (C=N–C) groups is 1. The van der Waals surface area contributed by atoms with Gasteiger partial charge in [-0.2, -0.15) is 0 Å². The van der Waals surface area contributed by atoms with Crippen LogP contribution in [0.3, 0.4) is 0 Å². The minimum atomic E-state index is -0.322. The van der Waals surface area contributed by atoms with Crippen molar-refractivity contribution in [3.63, 3.8) is 0 Å². The zero-order chi connectivity index (χ0) is 22.8. The van der Waals surface area contributed by atoms with Gasteiger partial charge in [-0.3, -0.25) is 9.79 Å². The molecule has 1 atom stereocenters. The molecule has 180 valence electrons. The molecule has 0 radical (unpaired) electrons. The van der Waals surface area contributed by atoms with Gasteiger partial charge in [0, 0.05) is 25.7 Å². The molecule has 9 heteroatoms. The number of guanidine groups is 1. The average molecular weight is 570 g/mol. The lowest BCUT2D eigenvalue weighted by molar-refractivity contribution is -0.123. The van der Waals surface area contributed by atoms with Crippen molar-refractivity contribution in [2.45, 2.75) is 44.9 Å². The number of carbonyl (C=O) groups is 1. The normalized spacial score (nSPS) is 14.0. The van der Waals surface area contributed by atoms with Gasteiger partial charge < -0.3 is 25.4 Å². The molecule has 2 aromatic carbocycles. The van der Waals surface area contributed by atoms with Crippen LogP contribution in [0.5, 0.6) is 11.5 Å². The van der Waals surface area contributed by atoms with E-state index in [0.29, 0.717) is 36.6 Å². The predicted octanol–water partition coefficient (Wildman–Crippen LogP) is 3.62. The molecule has 7 nitrogen and oxygen atoms in total. The molecule has 0 heterocycles. The lowest BCUT2D eigenvalue weighted by Gasteiger charge is -2.20. The van der Waals surface area contributed by atoms with Gasteiger partial charge in [-0.05, 0) is 49.1 Å². The van der Waals surface area contributed by atoms with Gasteiger partial charge in [0.05, 0.1) is 6.54 Å². The summed E-state index contributed by atoms with van der Waals surface area (Å²) in [6, 6.07) is 14.0. The summed E-state index contributed by atoms with van der Waals surface area (Å²) in [7, 11) is 1.70. The Kier molecular flexibility index (Phi) is 11.2. The van der Waals surface area contributed by atoms with Crippen LogP contribution in [-0.4, -0.2) is 44.2 Å². The molecule has 1 aliphatic rings. The summed E-state index contributed by atoms with van der Waals surface area (Å²) in [4.78, 5) is 16.0. The molecule has 33 heavy (non-hydrogen) atoms. The van der Waals surface area contributed by atoms with E-state index in [1.165, 1.54) is 12.1 Å². The Hall–Kier alpha value is -2.56. The quantitative estimate of drug-likeness (QED) is 0.219. The molecule has 1 aliphatic carbocycles. The number of benzene rings is 2. The molecule has 0 aromatic heterocycles. The minimum absolute atomic E-state index is 0. The Morgan fingerprint density at radius 1 is 1.15 bits per heavy atom. The third kappa shape index (κ3) is 9.85. The first-order chi connectivity index (χ1) is 15.6. The van der Waals surface area contributed by atoms with E-state index >= 15 is 0 Å². The fourth-order valence-electron chi connectivity index (χ4n) is 3.01. The van der Waals surface area contributed by atoms with Crippen molar-refractivity contribution in [3.05, 3.63) is 59.9 Å². The summed E-state index contributed by atoms with van der Waals surface area (Å²) >= 11 is 0. The molecular weight excluding hydrogens is 538 g/mol. The van der Waals surface area contributed by atoms with E-state index in [-0.39, 0.29) is 48.4 Å². The number of nitrogens with one attached hydrogen (secondary N) is 3. The van der Waals surface area contributed by atoms with Crippen molar-refractivity contribution in [2.75, 3.05) is 20.2 Å². The first-order valence-corrected chi connectivity index (χ1v) is 10.9. The molecule has 3 rings (SSSR count). The van der Waals surface area contributed by atoms with Gasteiger partial charge in [0.1, 0.15) is 23.4 Å².